The maximum atomic E-state index is 14.2. The van der Waals surface area contributed by atoms with Gasteiger partial charge in [0.25, 0.3) is 10.0 Å². The van der Waals surface area contributed by atoms with Crippen molar-refractivity contribution in [2.75, 3.05) is 11.8 Å². The van der Waals surface area contributed by atoms with Crippen molar-refractivity contribution in [2.24, 2.45) is 0 Å². The molecule has 0 spiro atoms. The Kier molecular flexibility index (Phi) is 4.29. The molecular weight excluding hydrogens is 380 g/mol. The van der Waals surface area contributed by atoms with E-state index in [-0.39, 0.29) is 21.0 Å². The monoisotopic (exact) mass is 389 g/mol. The number of halogens is 3. The molecule has 0 atom stereocenters. The Bertz CT molecular complexity index is 1040. The molecule has 0 aliphatic carbocycles. The smallest absolute Gasteiger partial charge is 0.281 e. The summed E-state index contributed by atoms with van der Waals surface area (Å²) in [4.78, 5) is 3.96. The second-order valence-electron chi connectivity index (χ2n) is 4.68. The Morgan fingerprint density at radius 1 is 1.25 bits per heavy atom. The summed E-state index contributed by atoms with van der Waals surface area (Å²) in [5.41, 5.74) is -0.0756. The first-order chi connectivity index (χ1) is 11.3. The number of sulfonamides is 1. The zero-order chi connectivity index (χ0) is 17.5. The lowest BCUT2D eigenvalue weighted by molar-refractivity contribution is 0.414. The molecule has 24 heavy (non-hydrogen) atoms. The fraction of sp³-hybridized carbons (Fsp3) is 0.0714. The lowest BCUT2D eigenvalue weighted by Gasteiger charge is -2.13. The largest absolute Gasteiger partial charge is 0.494 e. The van der Waals surface area contributed by atoms with Crippen molar-refractivity contribution in [3.05, 3.63) is 52.5 Å². The van der Waals surface area contributed by atoms with Gasteiger partial charge in [-0.2, -0.15) is 8.42 Å². The Morgan fingerprint density at radius 3 is 2.71 bits per heavy atom. The number of pyridine rings is 1. The van der Waals surface area contributed by atoms with Crippen molar-refractivity contribution in [1.29, 1.82) is 0 Å². The van der Waals surface area contributed by atoms with E-state index in [1.54, 1.807) is 18.2 Å². The number of imidazole rings is 1. The predicted molar refractivity (Wildman–Crippen MR) is 89.0 cm³/mol. The van der Waals surface area contributed by atoms with Crippen molar-refractivity contribution in [3.8, 4) is 5.75 Å². The van der Waals surface area contributed by atoms with E-state index in [1.165, 1.54) is 29.8 Å². The summed E-state index contributed by atoms with van der Waals surface area (Å²) >= 11 is 11.7. The van der Waals surface area contributed by atoms with Gasteiger partial charge in [0, 0.05) is 6.20 Å². The normalized spacial score (nSPS) is 11.7. The van der Waals surface area contributed by atoms with E-state index in [1.807, 2.05) is 0 Å². The first-order valence-electron chi connectivity index (χ1n) is 6.52. The van der Waals surface area contributed by atoms with Crippen LogP contribution in [0.3, 0.4) is 0 Å². The molecule has 0 aliphatic rings. The summed E-state index contributed by atoms with van der Waals surface area (Å²) in [6, 6.07) is 7.49. The van der Waals surface area contributed by atoms with E-state index in [9.17, 15) is 12.8 Å². The minimum absolute atomic E-state index is 0.0228. The van der Waals surface area contributed by atoms with Crippen LogP contribution in [0.15, 0.2) is 41.6 Å². The van der Waals surface area contributed by atoms with Crippen LogP contribution in [0.4, 0.5) is 10.1 Å². The molecule has 10 heteroatoms. The number of benzene rings is 1. The standard InChI is InChI=1S/C14H10Cl2FN3O3S/c1-23-9-6-5-8(15)11(17)12(9)19-24(21,22)14-13(16)18-10-4-2-3-7-20(10)14/h2-7,19H,1H3. The topological polar surface area (TPSA) is 72.7 Å². The van der Waals surface area contributed by atoms with Gasteiger partial charge in [0.15, 0.2) is 16.0 Å². The van der Waals surface area contributed by atoms with Crippen LogP contribution in [0.5, 0.6) is 5.75 Å². The van der Waals surface area contributed by atoms with Gasteiger partial charge in [0.2, 0.25) is 0 Å². The van der Waals surface area contributed by atoms with Crippen LogP contribution < -0.4 is 9.46 Å². The first kappa shape index (κ1) is 16.8. The molecule has 0 aliphatic heterocycles. The van der Waals surface area contributed by atoms with Gasteiger partial charge in [-0.1, -0.05) is 29.3 Å². The highest BCUT2D eigenvalue weighted by atomic mass is 35.5. The summed E-state index contributed by atoms with van der Waals surface area (Å²) in [6.07, 6.45) is 1.48. The molecule has 0 radical (unpaired) electrons. The van der Waals surface area contributed by atoms with Gasteiger partial charge in [-0.25, -0.2) is 9.37 Å². The third-order valence-electron chi connectivity index (χ3n) is 3.21. The lowest BCUT2D eigenvalue weighted by atomic mass is 10.3. The number of anilines is 1. The minimum Gasteiger partial charge on any atom is -0.494 e. The van der Waals surface area contributed by atoms with E-state index in [0.29, 0.717) is 5.65 Å². The number of fused-ring (bicyclic) bond motifs is 1. The summed E-state index contributed by atoms with van der Waals surface area (Å²) in [6.45, 7) is 0. The molecule has 3 aromatic rings. The summed E-state index contributed by atoms with van der Waals surface area (Å²) in [7, 11) is -2.98. The molecule has 0 saturated carbocycles. The molecule has 0 amide bonds. The van der Waals surface area contributed by atoms with E-state index < -0.39 is 21.5 Å². The van der Waals surface area contributed by atoms with Crippen LogP contribution in [0.2, 0.25) is 10.2 Å². The number of nitrogens with zero attached hydrogens (tertiary/aromatic N) is 2. The van der Waals surface area contributed by atoms with Gasteiger partial charge in [0.1, 0.15) is 17.1 Å². The highest BCUT2D eigenvalue weighted by molar-refractivity contribution is 7.92. The second-order valence-corrected chi connectivity index (χ2v) is 7.04. The van der Waals surface area contributed by atoms with E-state index >= 15 is 0 Å². The summed E-state index contributed by atoms with van der Waals surface area (Å²) < 4.78 is 48.0. The van der Waals surface area contributed by atoms with E-state index in [0.717, 1.165) is 0 Å². The highest BCUT2D eigenvalue weighted by Gasteiger charge is 2.27. The number of hydrogen-bond donors (Lipinski definition) is 1. The maximum Gasteiger partial charge on any atom is 0.281 e. The molecule has 3 rings (SSSR count). The third kappa shape index (κ3) is 2.77. The van der Waals surface area contributed by atoms with Gasteiger partial charge in [0.05, 0.1) is 12.1 Å². The first-order valence-corrected chi connectivity index (χ1v) is 8.76. The molecular formula is C14H10Cl2FN3O3S. The van der Waals surface area contributed by atoms with Crippen LogP contribution in [0, 0.1) is 5.82 Å². The van der Waals surface area contributed by atoms with Crippen molar-refractivity contribution < 1.29 is 17.5 Å². The van der Waals surface area contributed by atoms with Crippen LogP contribution in [-0.2, 0) is 10.0 Å². The van der Waals surface area contributed by atoms with Crippen molar-refractivity contribution in [1.82, 2.24) is 9.38 Å². The number of nitrogens with one attached hydrogen (secondary N) is 1. The number of methoxy groups -OCH3 is 1. The van der Waals surface area contributed by atoms with Crippen molar-refractivity contribution >= 4 is 44.6 Å². The highest BCUT2D eigenvalue weighted by Crippen LogP contribution is 2.34. The summed E-state index contributed by atoms with van der Waals surface area (Å²) in [5.74, 6) is -0.977. The minimum atomic E-state index is -4.26. The maximum absolute atomic E-state index is 14.2. The molecule has 0 fully saturated rings. The fourth-order valence-corrected chi connectivity index (χ4v) is 4.04. The molecule has 126 valence electrons. The van der Waals surface area contributed by atoms with Crippen LogP contribution in [-0.4, -0.2) is 24.9 Å². The van der Waals surface area contributed by atoms with E-state index in [4.69, 9.17) is 27.9 Å². The predicted octanol–water partition coefficient (Wildman–Crippen LogP) is 3.59. The quantitative estimate of drug-likeness (QED) is 0.739. The summed E-state index contributed by atoms with van der Waals surface area (Å²) in [5, 5.41) is -0.811. The Hall–Kier alpha value is -2.03. The number of ether oxygens (including phenoxy) is 1. The van der Waals surface area contributed by atoms with Crippen LogP contribution in [0.1, 0.15) is 0 Å². The number of rotatable bonds is 4. The molecule has 0 bridgehead atoms. The fourth-order valence-electron chi connectivity index (χ4n) is 2.17. The lowest BCUT2D eigenvalue weighted by Crippen LogP contribution is -2.17. The molecule has 2 aromatic heterocycles. The number of hydrogen-bond acceptors (Lipinski definition) is 4. The third-order valence-corrected chi connectivity index (χ3v) is 5.25. The van der Waals surface area contributed by atoms with Gasteiger partial charge >= 0.3 is 0 Å². The van der Waals surface area contributed by atoms with Crippen LogP contribution >= 0.6 is 23.2 Å². The van der Waals surface area contributed by atoms with E-state index in [2.05, 4.69) is 9.71 Å². The average Bonchev–Trinajstić information content (AvgIpc) is 2.88. The average molecular weight is 390 g/mol. The molecule has 6 nitrogen and oxygen atoms in total. The molecule has 1 aromatic carbocycles. The second kappa shape index (κ2) is 6.12. The van der Waals surface area contributed by atoms with Gasteiger partial charge in [-0.3, -0.25) is 9.12 Å². The van der Waals surface area contributed by atoms with Crippen molar-refractivity contribution in [3.63, 3.8) is 0 Å². The zero-order valence-corrected chi connectivity index (χ0v) is 14.5. The SMILES string of the molecule is COc1ccc(Cl)c(F)c1NS(=O)(=O)c1c(Cl)nc2ccccn12. The Labute approximate surface area is 146 Å². The van der Waals surface area contributed by atoms with Gasteiger partial charge in [-0.15, -0.1) is 0 Å². The van der Waals surface area contributed by atoms with Crippen LogP contribution in [0.25, 0.3) is 5.65 Å². The number of aromatic nitrogens is 2. The Balaban J connectivity index is 2.16. The van der Waals surface area contributed by atoms with Crippen molar-refractivity contribution in [2.45, 2.75) is 5.03 Å². The Morgan fingerprint density at radius 2 is 2.00 bits per heavy atom. The molecule has 0 unspecified atom stereocenters. The molecule has 2 heterocycles. The zero-order valence-electron chi connectivity index (χ0n) is 12.1. The van der Waals surface area contributed by atoms with Gasteiger partial charge < -0.3 is 4.74 Å². The van der Waals surface area contributed by atoms with Gasteiger partial charge in [-0.05, 0) is 24.3 Å². The molecule has 0 saturated heterocycles. The molecule has 1 N–H and O–H groups in total.